The minimum absolute atomic E-state index is 0.0751. The zero-order valence-electron chi connectivity index (χ0n) is 21.5. The number of likely N-dealkylation sites (tertiary alicyclic amines) is 1. The molecule has 0 amide bonds. The van der Waals surface area contributed by atoms with Crippen molar-refractivity contribution in [2.24, 2.45) is 0 Å². The maximum Gasteiger partial charge on any atom is 0.285 e. The quantitative estimate of drug-likeness (QED) is 0.402. The van der Waals surface area contributed by atoms with E-state index in [2.05, 4.69) is 31.7 Å². The van der Waals surface area contributed by atoms with Gasteiger partial charge in [-0.2, -0.15) is 5.10 Å². The lowest BCUT2D eigenvalue weighted by molar-refractivity contribution is 0.0893. The Kier molecular flexibility index (Phi) is 7.29. The van der Waals surface area contributed by atoms with Gasteiger partial charge in [-0.1, -0.05) is 11.6 Å². The molecule has 3 heterocycles. The number of nitrogens with two attached hydrogens (primary N) is 1. The summed E-state index contributed by atoms with van der Waals surface area (Å²) in [5.41, 5.74) is 3.83. The second-order valence-corrected chi connectivity index (χ2v) is 12.0. The van der Waals surface area contributed by atoms with Crippen molar-refractivity contribution in [1.29, 1.82) is 0 Å². The van der Waals surface area contributed by atoms with Crippen LogP contribution in [0.2, 0.25) is 0 Å². The molecular formula is C25H30F3N7O3S. The van der Waals surface area contributed by atoms with E-state index in [1.54, 1.807) is 31.5 Å². The van der Waals surface area contributed by atoms with Crippen molar-refractivity contribution in [3.8, 4) is 22.9 Å². The molecule has 1 aromatic carbocycles. The summed E-state index contributed by atoms with van der Waals surface area (Å²) in [5, 5.41) is 4.44. The van der Waals surface area contributed by atoms with Gasteiger partial charge in [-0.15, -0.1) is 0 Å². The summed E-state index contributed by atoms with van der Waals surface area (Å²) < 4.78 is 73.6. The molecule has 1 saturated carbocycles. The fraction of sp³-hybridized carbons (Fsp3) is 0.480. The molecule has 0 radical (unpaired) electrons. The van der Waals surface area contributed by atoms with Gasteiger partial charge in [-0.25, -0.2) is 36.3 Å². The van der Waals surface area contributed by atoms with Gasteiger partial charge in [-0.05, 0) is 70.4 Å². The number of alkyl halides is 3. The number of benzene rings is 1. The van der Waals surface area contributed by atoms with Gasteiger partial charge in [0, 0.05) is 5.56 Å². The smallest absolute Gasteiger partial charge is 0.285 e. The predicted octanol–water partition coefficient (Wildman–Crippen LogP) is 3.76. The second kappa shape index (κ2) is 10.4. The maximum absolute atomic E-state index is 13.7. The molecule has 3 N–H and O–H groups in total. The van der Waals surface area contributed by atoms with Gasteiger partial charge < -0.3 is 15.4 Å². The van der Waals surface area contributed by atoms with Crippen LogP contribution >= 0.6 is 0 Å². The van der Waals surface area contributed by atoms with Crippen molar-refractivity contribution in [2.45, 2.75) is 56.1 Å². The summed E-state index contributed by atoms with van der Waals surface area (Å²) >= 11 is 0. The predicted molar refractivity (Wildman–Crippen MR) is 139 cm³/mol. The van der Waals surface area contributed by atoms with E-state index in [0.717, 1.165) is 31.5 Å². The zero-order chi connectivity index (χ0) is 27.9. The van der Waals surface area contributed by atoms with E-state index in [-0.39, 0.29) is 17.7 Å². The highest BCUT2D eigenvalue weighted by Gasteiger charge is 2.50. The molecule has 0 spiro atoms. The standard InChI is InChI=1S/C25H30F3N7O3S/c1-15-9-16(11-17(10-15)25(5-6-25)33-39(36,37)22(28)21(26)27)20-13-30-23(29)24(32-20)38-19-12-31-35(14-19)18-3-7-34(2)8-4-18/h9-14,18,21-22,33H,3-8H2,1-2H3,(H2,29,30). The summed E-state index contributed by atoms with van der Waals surface area (Å²) in [7, 11) is -2.80. The molecule has 10 nitrogen and oxygen atoms in total. The van der Waals surface area contributed by atoms with Crippen LogP contribution in [0.1, 0.15) is 42.9 Å². The van der Waals surface area contributed by atoms with Crippen LogP contribution in [0.15, 0.2) is 36.8 Å². The van der Waals surface area contributed by atoms with Gasteiger partial charge in [0.1, 0.15) is 0 Å². The number of hydrogen-bond acceptors (Lipinski definition) is 8. The number of nitrogens with one attached hydrogen (secondary N) is 1. The topological polar surface area (TPSA) is 128 Å². The summed E-state index contributed by atoms with van der Waals surface area (Å²) in [6.45, 7) is 3.78. The summed E-state index contributed by atoms with van der Waals surface area (Å²) in [4.78, 5) is 11.0. The van der Waals surface area contributed by atoms with E-state index in [4.69, 9.17) is 10.5 Å². The van der Waals surface area contributed by atoms with E-state index in [0.29, 0.717) is 35.4 Å². The van der Waals surface area contributed by atoms with Crippen LogP contribution in [0.5, 0.6) is 11.6 Å². The molecular weight excluding hydrogens is 535 g/mol. The Hall–Kier alpha value is -3.23. The highest BCUT2D eigenvalue weighted by atomic mass is 32.2. The third kappa shape index (κ3) is 5.87. The molecule has 14 heteroatoms. The van der Waals surface area contributed by atoms with E-state index in [1.165, 1.54) is 6.20 Å². The lowest BCUT2D eigenvalue weighted by atomic mass is 9.98. The van der Waals surface area contributed by atoms with Crippen molar-refractivity contribution in [3.05, 3.63) is 47.9 Å². The number of aryl methyl sites for hydroxylation is 1. The Morgan fingerprint density at radius 1 is 1.15 bits per heavy atom. The molecule has 1 atom stereocenters. The van der Waals surface area contributed by atoms with Crippen LogP contribution in [0.25, 0.3) is 11.3 Å². The SMILES string of the molecule is Cc1cc(-c2cnc(N)c(Oc3cnn(C4CCN(C)CC4)c3)n2)cc(C2(NS(=O)(=O)C(F)C(F)F)CC2)c1. The molecule has 3 aromatic rings. The van der Waals surface area contributed by atoms with E-state index in [9.17, 15) is 21.6 Å². The fourth-order valence-corrected chi connectivity index (χ4v) is 6.04. The summed E-state index contributed by atoms with van der Waals surface area (Å²) in [5.74, 6) is 0.617. The fourth-order valence-electron chi connectivity index (χ4n) is 4.79. The number of aromatic nitrogens is 4. The first-order valence-electron chi connectivity index (χ1n) is 12.6. The molecule has 5 rings (SSSR count). The zero-order valence-corrected chi connectivity index (χ0v) is 22.3. The minimum Gasteiger partial charge on any atom is -0.433 e. The molecule has 1 unspecified atom stereocenters. The molecule has 39 heavy (non-hydrogen) atoms. The van der Waals surface area contributed by atoms with Crippen LogP contribution in [-0.2, 0) is 15.6 Å². The lowest BCUT2D eigenvalue weighted by Gasteiger charge is -2.28. The number of nitrogens with zero attached hydrogens (tertiary/aromatic N) is 5. The lowest BCUT2D eigenvalue weighted by Crippen LogP contribution is -2.42. The Morgan fingerprint density at radius 2 is 1.87 bits per heavy atom. The number of anilines is 1. The van der Waals surface area contributed by atoms with E-state index >= 15 is 0 Å². The van der Waals surface area contributed by atoms with Gasteiger partial charge in [0.2, 0.25) is 0 Å². The number of rotatable bonds is 9. The molecule has 1 saturated heterocycles. The van der Waals surface area contributed by atoms with Crippen LogP contribution in [0, 0.1) is 6.92 Å². The van der Waals surface area contributed by atoms with Crippen LogP contribution < -0.4 is 15.2 Å². The number of hydrogen-bond donors (Lipinski definition) is 2. The monoisotopic (exact) mass is 565 g/mol. The normalized spacial score (nSPS) is 18.8. The largest absolute Gasteiger partial charge is 0.433 e. The molecule has 210 valence electrons. The highest BCUT2D eigenvalue weighted by Crippen LogP contribution is 2.47. The summed E-state index contributed by atoms with van der Waals surface area (Å²) in [6.07, 6.45) is 3.86. The molecule has 1 aliphatic carbocycles. The maximum atomic E-state index is 13.7. The van der Waals surface area contributed by atoms with E-state index in [1.807, 2.05) is 10.7 Å². The Balaban J connectivity index is 1.38. The number of ether oxygens (including phenoxy) is 1. The average Bonchev–Trinajstić information content (AvgIpc) is 3.51. The third-order valence-corrected chi connectivity index (χ3v) is 8.60. The molecule has 0 bridgehead atoms. The number of sulfonamides is 1. The van der Waals surface area contributed by atoms with Gasteiger partial charge >= 0.3 is 0 Å². The van der Waals surface area contributed by atoms with Gasteiger partial charge in [0.15, 0.2) is 11.6 Å². The van der Waals surface area contributed by atoms with Crippen molar-refractivity contribution < 1.29 is 26.3 Å². The average molecular weight is 566 g/mol. The van der Waals surface area contributed by atoms with Gasteiger partial charge in [-0.3, -0.25) is 4.68 Å². The Bertz CT molecular complexity index is 1450. The first kappa shape index (κ1) is 27.3. The molecule has 2 aromatic heterocycles. The number of piperidine rings is 1. The van der Waals surface area contributed by atoms with Crippen molar-refractivity contribution in [3.63, 3.8) is 0 Å². The number of nitrogen functional groups attached to an aromatic ring is 1. The number of halogens is 3. The van der Waals surface area contributed by atoms with Gasteiger partial charge in [0.25, 0.3) is 27.8 Å². The van der Waals surface area contributed by atoms with Crippen molar-refractivity contribution in [2.75, 3.05) is 25.9 Å². The van der Waals surface area contributed by atoms with Crippen LogP contribution in [0.3, 0.4) is 0 Å². The Morgan fingerprint density at radius 3 is 2.54 bits per heavy atom. The first-order chi connectivity index (χ1) is 18.5. The molecule has 2 fully saturated rings. The van der Waals surface area contributed by atoms with Crippen LogP contribution in [-0.4, -0.2) is 65.1 Å². The van der Waals surface area contributed by atoms with Crippen molar-refractivity contribution >= 4 is 15.8 Å². The molecule has 1 aliphatic heterocycles. The molecule has 2 aliphatic rings. The summed E-state index contributed by atoms with van der Waals surface area (Å²) in [6, 6.07) is 5.50. The Labute approximate surface area is 224 Å². The van der Waals surface area contributed by atoms with Gasteiger partial charge in [0.05, 0.1) is 35.9 Å². The third-order valence-electron chi connectivity index (χ3n) is 7.13. The van der Waals surface area contributed by atoms with E-state index < -0.39 is 27.5 Å². The first-order valence-corrected chi connectivity index (χ1v) is 14.1. The van der Waals surface area contributed by atoms with Crippen LogP contribution in [0.4, 0.5) is 19.0 Å². The second-order valence-electron chi connectivity index (χ2n) is 10.2. The van der Waals surface area contributed by atoms with Crippen molar-refractivity contribution in [1.82, 2.24) is 29.4 Å². The minimum atomic E-state index is -4.89. The highest BCUT2D eigenvalue weighted by molar-refractivity contribution is 7.90.